The summed E-state index contributed by atoms with van der Waals surface area (Å²) >= 11 is 5.34. The molecule has 0 aromatic heterocycles. The van der Waals surface area contributed by atoms with Gasteiger partial charge in [0.05, 0.1) is 11.4 Å². The van der Waals surface area contributed by atoms with Crippen molar-refractivity contribution in [2.75, 3.05) is 0 Å². The van der Waals surface area contributed by atoms with Gasteiger partial charge in [-0.1, -0.05) is 12.1 Å². The van der Waals surface area contributed by atoms with Crippen molar-refractivity contribution in [3.05, 3.63) is 35.1 Å². The van der Waals surface area contributed by atoms with Crippen LogP contribution in [-0.2, 0) is 5.88 Å². The number of benzene rings is 1. The second-order valence-electron chi connectivity index (χ2n) is 2.19. The minimum atomic E-state index is -1.78. The third kappa shape index (κ3) is 1.61. The van der Waals surface area contributed by atoms with Gasteiger partial charge in [-0.2, -0.15) is 4.39 Å². The molecule has 0 aliphatic rings. The van der Waals surface area contributed by atoms with E-state index in [4.69, 9.17) is 11.6 Å². The highest BCUT2D eigenvalue weighted by atomic mass is 35.5. The van der Waals surface area contributed by atoms with Crippen molar-refractivity contribution in [1.29, 1.82) is 0 Å². The predicted octanol–water partition coefficient (Wildman–Crippen LogP) is 2.67. The molecule has 1 aromatic rings. The van der Waals surface area contributed by atoms with Gasteiger partial charge in [-0.15, -0.1) is 11.6 Å². The molecule has 0 aliphatic heterocycles. The van der Waals surface area contributed by atoms with Gasteiger partial charge in [-0.05, 0) is 6.07 Å². The van der Waals surface area contributed by atoms with E-state index >= 15 is 0 Å². The topological polar surface area (TPSA) is 17.1 Å². The summed E-state index contributed by atoms with van der Waals surface area (Å²) in [5.74, 6) is -0.951. The molecule has 1 rings (SSSR count). The zero-order chi connectivity index (χ0) is 9.14. The summed E-state index contributed by atoms with van der Waals surface area (Å²) in [6.07, 6.45) is 0. The molecule has 0 radical (unpaired) electrons. The number of carbonyl (C=O) groups excluding carboxylic acids is 1. The molecule has 0 aliphatic carbocycles. The van der Waals surface area contributed by atoms with Crippen molar-refractivity contribution >= 4 is 17.6 Å². The van der Waals surface area contributed by atoms with Crippen LogP contribution >= 0.6 is 11.6 Å². The van der Waals surface area contributed by atoms with Crippen LogP contribution in [0, 0.1) is 5.82 Å². The second kappa shape index (κ2) is 3.63. The lowest BCUT2D eigenvalue weighted by Crippen LogP contribution is -1.98. The van der Waals surface area contributed by atoms with E-state index in [2.05, 4.69) is 0 Å². The van der Waals surface area contributed by atoms with Gasteiger partial charge in [0.25, 0.3) is 0 Å². The Morgan fingerprint density at radius 1 is 1.50 bits per heavy atom. The highest BCUT2D eigenvalue weighted by Crippen LogP contribution is 2.15. The fourth-order valence-electron chi connectivity index (χ4n) is 0.835. The van der Waals surface area contributed by atoms with Crippen molar-refractivity contribution < 1.29 is 13.6 Å². The number of hydrogen-bond donors (Lipinski definition) is 0. The lowest BCUT2D eigenvalue weighted by Gasteiger charge is -1.99. The molecule has 64 valence electrons. The van der Waals surface area contributed by atoms with Gasteiger partial charge < -0.3 is 0 Å². The Morgan fingerprint density at radius 3 is 2.67 bits per heavy atom. The average molecular weight is 191 g/mol. The van der Waals surface area contributed by atoms with Gasteiger partial charge in [-0.3, -0.25) is 4.79 Å². The minimum Gasteiger partial charge on any atom is -0.255 e. The highest BCUT2D eigenvalue weighted by molar-refractivity contribution is 6.17. The lowest BCUT2D eigenvalue weighted by atomic mass is 10.1. The SMILES string of the molecule is O=C(F)c1cccc(CCl)c1F. The zero-order valence-corrected chi connectivity index (χ0v) is 6.74. The first-order valence-corrected chi connectivity index (χ1v) is 3.73. The van der Waals surface area contributed by atoms with Crippen LogP contribution in [0.5, 0.6) is 0 Å². The average Bonchev–Trinajstić information content (AvgIpc) is 2.04. The Hall–Kier alpha value is -0.960. The van der Waals surface area contributed by atoms with Gasteiger partial charge in [0.15, 0.2) is 0 Å². The van der Waals surface area contributed by atoms with Crippen LogP contribution in [0.2, 0.25) is 0 Å². The number of halogens is 3. The van der Waals surface area contributed by atoms with E-state index in [9.17, 15) is 13.6 Å². The first-order valence-electron chi connectivity index (χ1n) is 3.20. The number of alkyl halides is 1. The summed E-state index contributed by atoms with van der Waals surface area (Å²) < 4.78 is 25.1. The molecule has 1 aromatic carbocycles. The maximum atomic E-state index is 13.0. The molecular formula is C8H5ClF2O. The molecule has 0 amide bonds. The maximum Gasteiger partial charge on any atom is 0.335 e. The summed E-state index contributed by atoms with van der Waals surface area (Å²) in [5.41, 5.74) is -0.437. The van der Waals surface area contributed by atoms with Crippen LogP contribution in [0.4, 0.5) is 8.78 Å². The van der Waals surface area contributed by atoms with E-state index in [1.165, 1.54) is 12.1 Å². The minimum absolute atomic E-state index is 0.0764. The van der Waals surface area contributed by atoms with E-state index in [0.29, 0.717) is 0 Å². The molecule has 0 heterocycles. The standard InChI is InChI=1S/C8H5ClF2O/c9-4-5-2-1-3-6(7(5)10)8(11)12/h1-3H,4H2. The predicted molar refractivity (Wildman–Crippen MR) is 41.4 cm³/mol. The molecule has 0 bridgehead atoms. The Balaban J connectivity index is 3.23. The van der Waals surface area contributed by atoms with Crippen molar-refractivity contribution in [2.45, 2.75) is 5.88 Å². The third-order valence-corrected chi connectivity index (χ3v) is 1.72. The van der Waals surface area contributed by atoms with Gasteiger partial charge in [0.1, 0.15) is 5.82 Å². The van der Waals surface area contributed by atoms with E-state index in [1.54, 1.807) is 0 Å². The molecule has 1 nitrogen and oxygen atoms in total. The van der Waals surface area contributed by atoms with Crippen molar-refractivity contribution in [1.82, 2.24) is 0 Å². The molecule has 0 unspecified atom stereocenters. The summed E-state index contributed by atoms with van der Waals surface area (Å²) in [7, 11) is 0. The Labute approximate surface area is 73.0 Å². The molecule has 0 fully saturated rings. The fraction of sp³-hybridized carbons (Fsp3) is 0.125. The van der Waals surface area contributed by atoms with Gasteiger partial charge >= 0.3 is 6.04 Å². The Bertz CT molecular complexity index is 312. The van der Waals surface area contributed by atoms with E-state index in [0.717, 1.165) is 6.07 Å². The molecule has 0 saturated heterocycles. The molecule has 0 spiro atoms. The van der Waals surface area contributed by atoms with Crippen LogP contribution in [0.3, 0.4) is 0 Å². The summed E-state index contributed by atoms with van der Waals surface area (Å²) in [6, 6.07) is 2.08. The van der Waals surface area contributed by atoms with Crippen molar-refractivity contribution in [3.8, 4) is 0 Å². The monoisotopic (exact) mass is 190 g/mol. The van der Waals surface area contributed by atoms with E-state index in [-0.39, 0.29) is 11.4 Å². The normalized spacial score (nSPS) is 9.92. The third-order valence-electron chi connectivity index (χ3n) is 1.43. The molecule has 0 saturated carbocycles. The molecule has 12 heavy (non-hydrogen) atoms. The quantitative estimate of drug-likeness (QED) is 0.518. The van der Waals surface area contributed by atoms with Crippen molar-refractivity contribution in [2.24, 2.45) is 0 Å². The Kier molecular flexibility index (Phi) is 2.76. The summed E-state index contributed by atoms with van der Waals surface area (Å²) in [5, 5.41) is 0. The number of carbonyl (C=O) groups is 1. The smallest absolute Gasteiger partial charge is 0.255 e. The van der Waals surface area contributed by atoms with Crippen molar-refractivity contribution in [3.63, 3.8) is 0 Å². The summed E-state index contributed by atoms with van der Waals surface area (Å²) in [4.78, 5) is 10.2. The van der Waals surface area contributed by atoms with Crippen LogP contribution in [-0.4, -0.2) is 6.04 Å². The van der Waals surface area contributed by atoms with E-state index < -0.39 is 17.4 Å². The molecular weight excluding hydrogens is 186 g/mol. The second-order valence-corrected chi connectivity index (χ2v) is 2.45. The highest BCUT2D eigenvalue weighted by Gasteiger charge is 2.12. The van der Waals surface area contributed by atoms with E-state index in [1.807, 2.05) is 0 Å². The first kappa shape index (κ1) is 9.13. The molecule has 0 atom stereocenters. The van der Waals surface area contributed by atoms with Gasteiger partial charge in [0, 0.05) is 5.56 Å². The van der Waals surface area contributed by atoms with Crippen LogP contribution in [0.25, 0.3) is 0 Å². The molecule has 4 heteroatoms. The van der Waals surface area contributed by atoms with Crippen LogP contribution in [0.15, 0.2) is 18.2 Å². The Morgan fingerprint density at radius 2 is 2.17 bits per heavy atom. The largest absolute Gasteiger partial charge is 0.335 e. The maximum absolute atomic E-state index is 13.0. The van der Waals surface area contributed by atoms with Crippen LogP contribution in [0.1, 0.15) is 15.9 Å². The van der Waals surface area contributed by atoms with Gasteiger partial charge in [-0.25, -0.2) is 4.39 Å². The fourth-order valence-corrected chi connectivity index (χ4v) is 1.04. The lowest BCUT2D eigenvalue weighted by molar-refractivity contribution is 0.0831. The zero-order valence-electron chi connectivity index (χ0n) is 5.98. The van der Waals surface area contributed by atoms with Crippen LogP contribution < -0.4 is 0 Å². The molecule has 0 N–H and O–H groups in total. The first-order chi connectivity index (χ1) is 5.66. The number of hydrogen-bond acceptors (Lipinski definition) is 1. The summed E-state index contributed by atoms with van der Waals surface area (Å²) in [6.45, 7) is 0. The van der Waals surface area contributed by atoms with Gasteiger partial charge in [0.2, 0.25) is 0 Å². The number of rotatable bonds is 2.